The topological polar surface area (TPSA) is 97.2 Å². The Balaban J connectivity index is 1.66. The van der Waals surface area contributed by atoms with Crippen LogP contribution in [0.3, 0.4) is 0 Å². The molecule has 1 saturated heterocycles. The van der Waals surface area contributed by atoms with Gasteiger partial charge in [-0.15, -0.1) is 5.10 Å². The molecule has 1 N–H and O–H groups in total. The molecule has 1 spiro atoms. The Morgan fingerprint density at radius 2 is 1.93 bits per heavy atom. The average Bonchev–Trinajstić information content (AvgIpc) is 2.79. The number of benzene rings is 1. The van der Waals surface area contributed by atoms with Gasteiger partial charge in [0.2, 0.25) is 0 Å². The van der Waals surface area contributed by atoms with E-state index in [0.717, 1.165) is 16.0 Å². The third kappa shape index (κ3) is 2.89. The molecule has 8 nitrogen and oxygen atoms in total. The van der Waals surface area contributed by atoms with Crippen LogP contribution in [0.2, 0.25) is 0 Å². The fourth-order valence-corrected chi connectivity index (χ4v) is 4.88. The van der Waals surface area contributed by atoms with Gasteiger partial charge < -0.3 is 5.32 Å². The molecule has 0 unspecified atom stereocenters. The van der Waals surface area contributed by atoms with E-state index in [9.17, 15) is 14.4 Å². The van der Waals surface area contributed by atoms with Crippen LogP contribution in [-0.4, -0.2) is 37.4 Å². The van der Waals surface area contributed by atoms with Gasteiger partial charge in [-0.05, 0) is 42.7 Å². The molecular weight excluding hydrogens is 346 g/mol. The Morgan fingerprint density at radius 1 is 1.19 bits per heavy atom. The number of carbonyl (C=O) groups excluding carboxylic acids is 2. The van der Waals surface area contributed by atoms with E-state index in [1.165, 1.54) is 0 Å². The number of hydrogen-bond donors (Lipinski definition) is 1. The van der Waals surface area contributed by atoms with Crippen molar-refractivity contribution >= 4 is 22.8 Å². The summed E-state index contributed by atoms with van der Waals surface area (Å²) in [6.45, 7) is 6.10. The summed E-state index contributed by atoms with van der Waals surface area (Å²) in [7, 11) is 0. The molecular formula is C19H23N5O3. The van der Waals surface area contributed by atoms with Gasteiger partial charge in [0.15, 0.2) is 0 Å². The molecule has 0 bridgehead atoms. The Morgan fingerprint density at radius 3 is 2.67 bits per heavy atom. The summed E-state index contributed by atoms with van der Waals surface area (Å²) >= 11 is 0. The number of imide groups is 1. The molecule has 1 aromatic carbocycles. The van der Waals surface area contributed by atoms with Crippen LogP contribution in [0.25, 0.3) is 10.9 Å². The molecule has 2 aromatic rings. The Hall–Kier alpha value is -2.77. The highest BCUT2D eigenvalue weighted by atomic mass is 16.2. The van der Waals surface area contributed by atoms with E-state index in [-0.39, 0.29) is 23.6 Å². The van der Waals surface area contributed by atoms with Crippen molar-refractivity contribution in [3.8, 4) is 0 Å². The third-order valence-electron chi connectivity index (χ3n) is 5.53. The van der Waals surface area contributed by atoms with Crippen molar-refractivity contribution in [2.24, 2.45) is 11.3 Å². The fourth-order valence-electron chi connectivity index (χ4n) is 4.88. The van der Waals surface area contributed by atoms with Gasteiger partial charge in [-0.1, -0.05) is 38.1 Å². The van der Waals surface area contributed by atoms with Crippen LogP contribution in [0.1, 0.15) is 40.0 Å². The largest absolute Gasteiger partial charge is 0.326 e. The molecule has 3 amide bonds. The summed E-state index contributed by atoms with van der Waals surface area (Å²) in [4.78, 5) is 39.5. The van der Waals surface area contributed by atoms with Gasteiger partial charge in [0.05, 0.1) is 5.39 Å². The SMILES string of the molecule is C[C@@H]1CC(C)(C)C[C@@]2(C1)NC(=O)N(Cn1nnc3ccccc3c1=O)C2=O. The minimum absolute atomic E-state index is 0.0454. The van der Waals surface area contributed by atoms with Crippen LogP contribution in [0.4, 0.5) is 4.79 Å². The van der Waals surface area contributed by atoms with E-state index in [2.05, 4.69) is 36.4 Å². The molecule has 2 atom stereocenters. The zero-order valence-electron chi connectivity index (χ0n) is 15.7. The number of hydrogen-bond acceptors (Lipinski definition) is 5. The van der Waals surface area contributed by atoms with E-state index in [0.29, 0.717) is 29.7 Å². The third-order valence-corrected chi connectivity index (χ3v) is 5.53. The maximum absolute atomic E-state index is 13.2. The molecule has 2 heterocycles. The van der Waals surface area contributed by atoms with Crippen LogP contribution in [-0.2, 0) is 11.5 Å². The van der Waals surface area contributed by atoms with Gasteiger partial charge in [-0.25, -0.2) is 9.69 Å². The lowest BCUT2D eigenvalue weighted by atomic mass is 9.64. The maximum Gasteiger partial charge on any atom is 0.326 e. The summed E-state index contributed by atoms with van der Waals surface area (Å²) < 4.78 is 1.07. The van der Waals surface area contributed by atoms with Crippen molar-refractivity contribution in [2.75, 3.05) is 0 Å². The summed E-state index contributed by atoms with van der Waals surface area (Å²) in [5.74, 6) is 0.0371. The standard InChI is InChI=1S/C19H23N5O3/c1-12-8-18(2,3)10-19(9-12)16(26)23(17(27)20-19)11-24-15(25)13-6-4-5-7-14(13)21-22-24/h4-7,12H,8-11H2,1-3H3,(H,20,27)/t12-,19-/m1/s1. The normalized spacial score (nSPS) is 27.4. The number of urea groups is 1. The first-order chi connectivity index (χ1) is 12.7. The van der Waals surface area contributed by atoms with E-state index < -0.39 is 11.6 Å². The molecule has 1 aliphatic carbocycles. The first-order valence-corrected chi connectivity index (χ1v) is 9.17. The van der Waals surface area contributed by atoms with E-state index in [1.54, 1.807) is 24.3 Å². The molecule has 27 heavy (non-hydrogen) atoms. The summed E-state index contributed by atoms with van der Waals surface area (Å²) in [6.07, 6.45) is 2.20. The molecule has 2 fully saturated rings. The van der Waals surface area contributed by atoms with Crippen molar-refractivity contribution in [3.63, 3.8) is 0 Å². The second kappa shape index (κ2) is 5.87. The lowest BCUT2D eigenvalue weighted by Gasteiger charge is -2.43. The number of rotatable bonds is 2. The fraction of sp³-hybridized carbons (Fsp3) is 0.526. The summed E-state index contributed by atoms with van der Waals surface area (Å²) in [6, 6.07) is 6.38. The van der Waals surface area contributed by atoms with Crippen LogP contribution < -0.4 is 10.9 Å². The lowest BCUT2D eigenvalue weighted by Crippen LogP contribution is -2.54. The minimum Gasteiger partial charge on any atom is -0.323 e. The van der Waals surface area contributed by atoms with Gasteiger partial charge in [-0.2, -0.15) is 4.68 Å². The monoisotopic (exact) mass is 369 g/mol. The number of fused-ring (bicyclic) bond motifs is 1. The number of aromatic nitrogens is 3. The van der Waals surface area contributed by atoms with E-state index in [4.69, 9.17) is 0 Å². The van der Waals surface area contributed by atoms with Crippen molar-refractivity contribution in [2.45, 2.75) is 52.2 Å². The van der Waals surface area contributed by atoms with E-state index in [1.807, 2.05) is 0 Å². The van der Waals surface area contributed by atoms with Crippen molar-refractivity contribution in [1.29, 1.82) is 0 Å². The highest BCUT2D eigenvalue weighted by Crippen LogP contribution is 2.46. The minimum atomic E-state index is -0.897. The first-order valence-electron chi connectivity index (χ1n) is 9.17. The van der Waals surface area contributed by atoms with Crippen molar-refractivity contribution in [3.05, 3.63) is 34.6 Å². The van der Waals surface area contributed by atoms with Gasteiger partial charge in [0.1, 0.15) is 17.7 Å². The van der Waals surface area contributed by atoms with Gasteiger partial charge in [0.25, 0.3) is 11.5 Å². The molecule has 0 radical (unpaired) electrons. The molecule has 2 aliphatic rings. The highest BCUT2D eigenvalue weighted by molar-refractivity contribution is 6.06. The molecule has 1 saturated carbocycles. The zero-order valence-corrected chi connectivity index (χ0v) is 15.7. The molecule has 1 aliphatic heterocycles. The average molecular weight is 369 g/mol. The maximum atomic E-state index is 13.2. The van der Waals surface area contributed by atoms with Gasteiger partial charge >= 0.3 is 6.03 Å². The van der Waals surface area contributed by atoms with Crippen LogP contribution in [0.5, 0.6) is 0 Å². The second-order valence-corrected chi connectivity index (χ2v) is 8.65. The van der Waals surface area contributed by atoms with Crippen molar-refractivity contribution in [1.82, 2.24) is 25.2 Å². The molecule has 8 heteroatoms. The Kier molecular flexibility index (Phi) is 3.83. The smallest absolute Gasteiger partial charge is 0.323 e. The second-order valence-electron chi connectivity index (χ2n) is 8.65. The Bertz CT molecular complexity index is 998. The first kappa shape index (κ1) is 17.6. The quantitative estimate of drug-likeness (QED) is 0.815. The number of carbonyl (C=O) groups is 2. The number of nitrogens with one attached hydrogen (secondary N) is 1. The zero-order chi connectivity index (χ0) is 19.4. The molecule has 142 valence electrons. The lowest BCUT2D eigenvalue weighted by molar-refractivity contribution is -0.136. The van der Waals surface area contributed by atoms with Crippen LogP contribution in [0, 0.1) is 11.3 Å². The predicted molar refractivity (Wildman–Crippen MR) is 98.7 cm³/mol. The summed E-state index contributed by atoms with van der Waals surface area (Å²) in [5, 5.41) is 11.2. The number of amides is 3. The summed E-state index contributed by atoms with van der Waals surface area (Å²) in [5.41, 5.74) is -0.836. The van der Waals surface area contributed by atoms with Gasteiger partial charge in [-0.3, -0.25) is 9.59 Å². The highest BCUT2D eigenvalue weighted by Gasteiger charge is 2.56. The molecule has 1 aromatic heterocycles. The number of nitrogens with zero attached hydrogens (tertiary/aromatic N) is 4. The molecule has 4 rings (SSSR count). The van der Waals surface area contributed by atoms with Gasteiger partial charge in [0, 0.05) is 0 Å². The predicted octanol–water partition coefficient (Wildman–Crippen LogP) is 1.89. The van der Waals surface area contributed by atoms with E-state index >= 15 is 0 Å². The van der Waals surface area contributed by atoms with Crippen LogP contribution >= 0.6 is 0 Å². The Labute approximate surface area is 156 Å². The van der Waals surface area contributed by atoms with Crippen molar-refractivity contribution < 1.29 is 9.59 Å². The van der Waals surface area contributed by atoms with Crippen LogP contribution in [0.15, 0.2) is 29.1 Å².